The molecule has 35 heavy (non-hydrogen) atoms. The summed E-state index contributed by atoms with van der Waals surface area (Å²) in [5, 5.41) is 0.652. The van der Waals surface area contributed by atoms with E-state index in [4.69, 9.17) is 0 Å². The summed E-state index contributed by atoms with van der Waals surface area (Å²) in [4.78, 5) is 28.0. The van der Waals surface area contributed by atoms with Crippen LogP contribution in [0.25, 0.3) is 33.3 Å². The monoisotopic (exact) mass is 491 g/mol. The second kappa shape index (κ2) is 8.02. The zero-order valence-corrected chi connectivity index (χ0v) is 20.0. The lowest BCUT2D eigenvalue weighted by molar-refractivity contribution is 0.0860. The maximum Gasteiger partial charge on any atom is 0.261 e. The van der Waals surface area contributed by atoms with Gasteiger partial charge in [-0.15, -0.1) is 0 Å². The van der Waals surface area contributed by atoms with E-state index in [-0.39, 0.29) is 10.7 Å². The molecule has 0 aliphatic heterocycles. The fraction of sp³-hybridized carbons (Fsp3) is 0.160. The lowest BCUT2D eigenvalue weighted by Gasteiger charge is -2.15. The van der Waals surface area contributed by atoms with Gasteiger partial charge in [-0.2, -0.15) is 0 Å². The van der Waals surface area contributed by atoms with E-state index in [1.54, 1.807) is 30.7 Å². The fourth-order valence-electron chi connectivity index (χ4n) is 3.82. The van der Waals surface area contributed by atoms with Crippen molar-refractivity contribution < 1.29 is 17.6 Å². The second-order valence-electron chi connectivity index (χ2n) is 9.26. The van der Waals surface area contributed by atoms with Crippen LogP contribution in [0, 0.1) is 11.2 Å². The number of benzene rings is 2. The van der Waals surface area contributed by atoms with E-state index in [1.807, 2.05) is 26.8 Å². The van der Waals surface area contributed by atoms with E-state index in [0.29, 0.717) is 44.6 Å². The summed E-state index contributed by atoms with van der Waals surface area (Å²) in [5.74, 6) is -0.593. The van der Waals surface area contributed by atoms with E-state index < -0.39 is 21.3 Å². The number of sulfonamides is 1. The van der Waals surface area contributed by atoms with Gasteiger partial charge in [0.05, 0.1) is 28.0 Å². The second-order valence-corrected chi connectivity index (χ2v) is 10.9. The van der Waals surface area contributed by atoms with Crippen LogP contribution >= 0.6 is 0 Å². The van der Waals surface area contributed by atoms with E-state index in [2.05, 4.69) is 24.7 Å². The minimum absolute atomic E-state index is 0.0631. The quantitative estimate of drug-likeness (QED) is 0.289. The topological polar surface area (TPSA) is 121 Å². The maximum absolute atomic E-state index is 13.3. The Kier molecular flexibility index (Phi) is 5.21. The molecule has 3 heterocycles. The number of aromatic amines is 2. The number of nitrogens with one attached hydrogen (secondary N) is 3. The first-order valence-electron chi connectivity index (χ1n) is 10.8. The number of ketones is 1. The number of carbonyl (C=O) groups is 1. The van der Waals surface area contributed by atoms with Gasteiger partial charge in [0.2, 0.25) is 0 Å². The van der Waals surface area contributed by atoms with Gasteiger partial charge in [0.25, 0.3) is 10.0 Å². The van der Waals surface area contributed by atoms with Crippen molar-refractivity contribution in [3.05, 3.63) is 72.4 Å². The van der Waals surface area contributed by atoms with Crippen molar-refractivity contribution in [2.45, 2.75) is 25.7 Å². The predicted molar refractivity (Wildman–Crippen MR) is 132 cm³/mol. The van der Waals surface area contributed by atoms with Crippen molar-refractivity contribution >= 4 is 43.6 Å². The number of H-pyrrole nitrogens is 2. The molecule has 0 amide bonds. The molecule has 0 aliphatic carbocycles. The van der Waals surface area contributed by atoms with E-state index >= 15 is 0 Å². The molecule has 0 bridgehead atoms. The zero-order chi connectivity index (χ0) is 25.0. The number of hydrogen-bond acceptors (Lipinski definition) is 5. The summed E-state index contributed by atoms with van der Waals surface area (Å²) in [5.41, 5.74) is 2.86. The largest absolute Gasteiger partial charge is 0.361 e. The number of hydrogen-bond donors (Lipinski definition) is 3. The SMILES string of the molecule is CC(C)(C)C(=O)c1c[nH]c2ncc(-c3cc(NS(=O)(=O)c4ccc(F)cc4)c4cc[nH]c4c3)nc12. The van der Waals surface area contributed by atoms with E-state index in [0.717, 1.165) is 12.1 Å². The Bertz CT molecular complexity index is 1700. The van der Waals surface area contributed by atoms with Crippen molar-refractivity contribution in [1.82, 2.24) is 19.9 Å². The third-order valence-corrected chi connectivity index (χ3v) is 7.02. The number of rotatable bonds is 5. The Morgan fingerprint density at radius 1 is 1.06 bits per heavy atom. The number of carbonyl (C=O) groups excluding carboxylic acids is 1. The highest BCUT2D eigenvalue weighted by atomic mass is 32.2. The van der Waals surface area contributed by atoms with Crippen LogP contribution < -0.4 is 4.72 Å². The van der Waals surface area contributed by atoms with Crippen LogP contribution in [0.2, 0.25) is 0 Å². The lowest BCUT2D eigenvalue weighted by Crippen LogP contribution is -2.20. The normalized spacial score (nSPS) is 12.3. The number of anilines is 1. The van der Waals surface area contributed by atoms with Crippen LogP contribution in [0.3, 0.4) is 0 Å². The Hall–Kier alpha value is -4.05. The Morgan fingerprint density at radius 2 is 1.80 bits per heavy atom. The van der Waals surface area contributed by atoms with Gasteiger partial charge in [-0.1, -0.05) is 20.8 Å². The highest BCUT2D eigenvalue weighted by molar-refractivity contribution is 7.92. The van der Waals surface area contributed by atoms with Crippen molar-refractivity contribution in [3.63, 3.8) is 0 Å². The van der Waals surface area contributed by atoms with Gasteiger partial charge in [0.1, 0.15) is 11.3 Å². The number of aromatic nitrogens is 4. The summed E-state index contributed by atoms with van der Waals surface area (Å²) < 4.78 is 41.8. The van der Waals surface area contributed by atoms with Crippen LogP contribution in [0.15, 0.2) is 66.0 Å². The molecule has 0 saturated carbocycles. The van der Waals surface area contributed by atoms with Crippen molar-refractivity contribution in [2.24, 2.45) is 5.41 Å². The first kappa shape index (κ1) is 22.7. The molecule has 8 nitrogen and oxygen atoms in total. The van der Waals surface area contributed by atoms with Gasteiger partial charge in [-0.05, 0) is 42.5 Å². The van der Waals surface area contributed by atoms with Crippen LogP contribution in [0.4, 0.5) is 10.1 Å². The average molecular weight is 492 g/mol. The van der Waals surface area contributed by atoms with Crippen LogP contribution in [0.5, 0.6) is 0 Å². The van der Waals surface area contributed by atoms with Crippen molar-refractivity contribution in [2.75, 3.05) is 4.72 Å². The lowest BCUT2D eigenvalue weighted by atomic mass is 9.87. The molecular weight excluding hydrogens is 469 g/mol. The van der Waals surface area contributed by atoms with Crippen LogP contribution in [0.1, 0.15) is 31.1 Å². The predicted octanol–water partition coefficient (Wildman–Crippen LogP) is 5.27. The number of halogens is 1. The van der Waals surface area contributed by atoms with E-state index in [9.17, 15) is 17.6 Å². The molecule has 3 aromatic heterocycles. The summed E-state index contributed by atoms with van der Waals surface area (Å²) in [6.07, 6.45) is 4.87. The Labute approximate surface area is 200 Å². The summed E-state index contributed by atoms with van der Waals surface area (Å²) >= 11 is 0. The summed E-state index contributed by atoms with van der Waals surface area (Å²) in [6, 6.07) is 9.83. The van der Waals surface area contributed by atoms with Gasteiger partial charge in [-0.25, -0.2) is 22.8 Å². The third kappa shape index (κ3) is 4.17. The Balaban J connectivity index is 1.61. The van der Waals surface area contributed by atoms with Gasteiger partial charge in [0, 0.05) is 34.3 Å². The molecule has 5 rings (SSSR count). The number of fused-ring (bicyclic) bond motifs is 2. The van der Waals surface area contributed by atoms with Crippen LogP contribution in [-0.4, -0.2) is 34.1 Å². The summed E-state index contributed by atoms with van der Waals surface area (Å²) in [7, 11) is -3.97. The van der Waals surface area contributed by atoms with Gasteiger partial charge >= 0.3 is 0 Å². The molecule has 3 N–H and O–H groups in total. The molecular formula is C25H22FN5O3S. The number of Topliss-reactive ketones (excluding diaryl/α,β-unsaturated/α-hetero) is 1. The molecule has 0 radical (unpaired) electrons. The smallest absolute Gasteiger partial charge is 0.261 e. The average Bonchev–Trinajstić information content (AvgIpc) is 3.44. The summed E-state index contributed by atoms with van der Waals surface area (Å²) in [6.45, 7) is 5.51. The Morgan fingerprint density at radius 3 is 2.51 bits per heavy atom. The molecule has 10 heteroatoms. The number of nitrogens with zero attached hydrogens (tertiary/aromatic N) is 2. The van der Waals surface area contributed by atoms with Crippen molar-refractivity contribution in [1.29, 1.82) is 0 Å². The molecule has 178 valence electrons. The van der Waals surface area contributed by atoms with Gasteiger partial charge in [0.15, 0.2) is 11.4 Å². The molecule has 0 saturated heterocycles. The molecule has 2 aromatic carbocycles. The first-order valence-corrected chi connectivity index (χ1v) is 12.3. The van der Waals surface area contributed by atoms with Gasteiger partial charge < -0.3 is 9.97 Å². The molecule has 0 spiro atoms. The molecule has 0 fully saturated rings. The third-order valence-electron chi connectivity index (χ3n) is 5.64. The van der Waals surface area contributed by atoms with Crippen LogP contribution in [-0.2, 0) is 10.0 Å². The molecule has 0 aliphatic rings. The fourth-order valence-corrected chi connectivity index (χ4v) is 4.89. The standard InChI is InChI=1S/C25H22FN5O3S/c1-25(2,3)23(32)18-12-28-24-22(18)30-21(13-29-24)14-10-19-17(8-9-27-19)20(11-14)31-35(33,34)16-6-4-15(26)5-7-16/h4-13,27,31H,1-3H3,(H,28,29). The molecule has 5 aromatic rings. The molecule has 0 atom stereocenters. The minimum Gasteiger partial charge on any atom is -0.361 e. The zero-order valence-electron chi connectivity index (χ0n) is 19.2. The highest BCUT2D eigenvalue weighted by Gasteiger charge is 2.26. The molecule has 0 unspecified atom stereocenters. The van der Waals surface area contributed by atoms with Crippen molar-refractivity contribution in [3.8, 4) is 11.3 Å². The minimum atomic E-state index is -3.97. The van der Waals surface area contributed by atoms with E-state index in [1.165, 1.54) is 12.1 Å². The highest BCUT2D eigenvalue weighted by Crippen LogP contribution is 2.32. The van der Waals surface area contributed by atoms with Gasteiger partial charge in [-0.3, -0.25) is 9.52 Å². The maximum atomic E-state index is 13.3. The first-order chi connectivity index (χ1) is 16.5.